The van der Waals surface area contributed by atoms with Gasteiger partial charge in [0.25, 0.3) is 0 Å². The van der Waals surface area contributed by atoms with Gasteiger partial charge in [0.15, 0.2) is 0 Å². The van der Waals surface area contributed by atoms with E-state index in [1.54, 1.807) is 0 Å². The van der Waals surface area contributed by atoms with Crippen LogP contribution >= 0.6 is 22.6 Å². The molecular formula is C36H21I. The molecule has 0 saturated carbocycles. The molecule has 1 aliphatic carbocycles. The van der Waals surface area contributed by atoms with Crippen molar-refractivity contribution in [2.45, 2.75) is 0 Å². The van der Waals surface area contributed by atoms with E-state index in [9.17, 15) is 0 Å². The molecule has 0 N–H and O–H groups in total. The molecule has 8 rings (SSSR count). The van der Waals surface area contributed by atoms with Gasteiger partial charge in [-0.15, -0.1) is 0 Å². The molecule has 37 heavy (non-hydrogen) atoms. The summed E-state index contributed by atoms with van der Waals surface area (Å²) >= 11 is 2.46. The summed E-state index contributed by atoms with van der Waals surface area (Å²) in [5, 5.41) is 7.92. The van der Waals surface area contributed by atoms with Crippen LogP contribution in [0.3, 0.4) is 0 Å². The quantitative estimate of drug-likeness (QED) is 0.141. The van der Waals surface area contributed by atoms with Gasteiger partial charge in [0, 0.05) is 3.57 Å². The lowest BCUT2D eigenvalue weighted by atomic mass is 9.82. The molecule has 0 aromatic heterocycles. The van der Waals surface area contributed by atoms with Gasteiger partial charge in [0.2, 0.25) is 0 Å². The van der Waals surface area contributed by atoms with Gasteiger partial charge in [-0.25, -0.2) is 0 Å². The summed E-state index contributed by atoms with van der Waals surface area (Å²) in [5.74, 6) is 0. The second kappa shape index (κ2) is 8.03. The van der Waals surface area contributed by atoms with Crippen LogP contribution in [0.2, 0.25) is 0 Å². The van der Waals surface area contributed by atoms with Crippen molar-refractivity contribution in [1.82, 2.24) is 0 Å². The monoisotopic (exact) mass is 580 g/mol. The number of fused-ring (bicyclic) bond motifs is 6. The SMILES string of the molecule is Ic1ccc2c(-c3ccccc3)c3c(c(-c4ccccc4)c2c1)-c1cc2ccccc2c2cccc-3c12. The highest BCUT2D eigenvalue weighted by atomic mass is 127. The molecule has 0 unspecified atom stereocenters. The maximum Gasteiger partial charge on any atom is 0.0136 e. The molecule has 7 aromatic carbocycles. The lowest BCUT2D eigenvalue weighted by molar-refractivity contribution is 1.61. The molecule has 0 heterocycles. The van der Waals surface area contributed by atoms with Crippen LogP contribution in [0.25, 0.3) is 76.8 Å². The van der Waals surface area contributed by atoms with Crippen molar-refractivity contribution in [2.75, 3.05) is 0 Å². The molecule has 1 heteroatoms. The molecule has 0 saturated heterocycles. The number of hydrogen-bond acceptors (Lipinski definition) is 0. The maximum absolute atomic E-state index is 2.46. The third-order valence-electron chi connectivity index (χ3n) is 7.82. The number of rotatable bonds is 2. The lowest BCUT2D eigenvalue weighted by Gasteiger charge is -2.20. The summed E-state index contributed by atoms with van der Waals surface area (Å²) in [6, 6.07) is 46.9. The average molecular weight is 580 g/mol. The fourth-order valence-corrected chi connectivity index (χ4v) is 6.87. The standard InChI is InChI=1S/C36H21I/c37-25-18-19-28-30(21-25)33(23-12-5-2-6-13-23)36-31-20-24-14-7-8-15-26(24)27-16-9-17-29(34(27)31)35(36)32(28)22-10-3-1-4-11-22/h1-21H. The normalized spacial score (nSPS) is 11.9. The minimum absolute atomic E-state index is 1.25. The average Bonchev–Trinajstić information content (AvgIpc) is 3.27. The minimum atomic E-state index is 1.25. The molecule has 0 aliphatic heterocycles. The third kappa shape index (κ3) is 3.01. The van der Waals surface area contributed by atoms with E-state index >= 15 is 0 Å². The zero-order valence-corrected chi connectivity index (χ0v) is 22.2. The Labute approximate surface area is 229 Å². The Morgan fingerprint density at radius 1 is 0.378 bits per heavy atom. The van der Waals surface area contributed by atoms with Crippen LogP contribution in [0.15, 0.2) is 127 Å². The molecular weight excluding hydrogens is 559 g/mol. The van der Waals surface area contributed by atoms with Crippen molar-refractivity contribution in [3.05, 3.63) is 131 Å². The molecule has 172 valence electrons. The maximum atomic E-state index is 2.46. The van der Waals surface area contributed by atoms with Gasteiger partial charge in [-0.3, -0.25) is 0 Å². The summed E-state index contributed by atoms with van der Waals surface area (Å²) in [7, 11) is 0. The number of hydrogen-bond donors (Lipinski definition) is 0. The molecule has 0 fully saturated rings. The fourth-order valence-electron chi connectivity index (χ4n) is 6.38. The number of benzene rings is 7. The first-order valence-electron chi connectivity index (χ1n) is 12.6. The first kappa shape index (κ1) is 21.2. The van der Waals surface area contributed by atoms with Gasteiger partial charge in [0.05, 0.1) is 0 Å². The van der Waals surface area contributed by atoms with E-state index in [1.165, 1.54) is 80.4 Å². The zero-order chi connectivity index (χ0) is 24.5. The van der Waals surface area contributed by atoms with Gasteiger partial charge in [-0.2, -0.15) is 0 Å². The van der Waals surface area contributed by atoms with E-state index < -0.39 is 0 Å². The van der Waals surface area contributed by atoms with E-state index in [1.807, 2.05) is 0 Å². The summed E-state index contributed by atoms with van der Waals surface area (Å²) in [6.07, 6.45) is 0. The van der Waals surface area contributed by atoms with Crippen LogP contribution in [0, 0.1) is 3.57 Å². The smallest absolute Gasteiger partial charge is 0.0136 e. The molecule has 0 bridgehead atoms. The van der Waals surface area contributed by atoms with Crippen molar-refractivity contribution in [1.29, 1.82) is 0 Å². The van der Waals surface area contributed by atoms with Gasteiger partial charge in [-0.1, -0.05) is 109 Å². The van der Waals surface area contributed by atoms with Crippen molar-refractivity contribution < 1.29 is 0 Å². The van der Waals surface area contributed by atoms with Crippen LogP contribution in [0.1, 0.15) is 0 Å². The zero-order valence-electron chi connectivity index (χ0n) is 20.0. The molecule has 0 amide bonds. The van der Waals surface area contributed by atoms with E-state index in [2.05, 4.69) is 150 Å². The van der Waals surface area contributed by atoms with E-state index in [0.29, 0.717) is 0 Å². The Bertz CT molecular complexity index is 2020. The predicted octanol–water partition coefficient (Wildman–Crippen LogP) is 10.7. The van der Waals surface area contributed by atoms with Crippen LogP contribution in [0.5, 0.6) is 0 Å². The van der Waals surface area contributed by atoms with Gasteiger partial charge < -0.3 is 0 Å². The first-order valence-corrected chi connectivity index (χ1v) is 13.7. The van der Waals surface area contributed by atoms with Crippen LogP contribution in [0.4, 0.5) is 0 Å². The van der Waals surface area contributed by atoms with E-state index in [0.717, 1.165) is 0 Å². The summed E-state index contributed by atoms with van der Waals surface area (Å²) in [5.41, 5.74) is 10.6. The van der Waals surface area contributed by atoms with Gasteiger partial charge in [0.1, 0.15) is 0 Å². The summed E-state index contributed by atoms with van der Waals surface area (Å²) in [4.78, 5) is 0. The molecule has 0 spiro atoms. The third-order valence-corrected chi connectivity index (χ3v) is 8.49. The molecule has 0 atom stereocenters. The second-order valence-electron chi connectivity index (χ2n) is 9.80. The molecule has 1 aliphatic rings. The van der Waals surface area contributed by atoms with Gasteiger partial charge >= 0.3 is 0 Å². The summed E-state index contributed by atoms with van der Waals surface area (Å²) < 4.78 is 1.25. The minimum Gasteiger partial charge on any atom is -0.0622 e. The highest BCUT2D eigenvalue weighted by Gasteiger charge is 2.31. The van der Waals surface area contributed by atoms with Crippen LogP contribution in [-0.2, 0) is 0 Å². The molecule has 7 aromatic rings. The lowest BCUT2D eigenvalue weighted by Crippen LogP contribution is -1.94. The van der Waals surface area contributed by atoms with Crippen molar-refractivity contribution in [2.24, 2.45) is 0 Å². The van der Waals surface area contributed by atoms with E-state index in [4.69, 9.17) is 0 Å². The Kier molecular flexibility index (Phi) is 4.59. The Balaban J connectivity index is 1.68. The van der Waals surface area contributed by atoms with E-state index in [-0.39, 0.29) is 0 Å². The van der Waals surface area contributed by atoms with Crippen LogP contribution in [-0.4, -0.2) is 0 Å². The van der Waals surface area contributed by atoms with Gasteiger partial charge in [-0.05, 0) is 118 Å². The first-order chi connectivity index (χ1) is 18.3. The highest BCUT2D eigenvalue weighted by molar-refractivity contribution is 14.1. The van der Waals surface area contributed by atoms with Crippen LogP contribution < -0.4 is 0 Å². The predicted molar refractivity (Wildman–Crippen MR) is 167 cm³/mol. The Hall–Kier alpha value is -3.95. The fraction of sp³-hybridized carbons (Fsp3) is 0. The highest BCUT2D eigenvalue weighted by Crippen LogP contribution is 2.58. The van der Waals surface area contributed by atoms with Crippen molar-refractivity contribution >= 4 is 54.9 Å². The Morgan fingerprint density at radius 3 is 1.76 bits per heavy atom. The second-order valence-corrected chi connectivity index (χ2v) is 11.0. The largest absolute Gasteiger partial charge is 0.0622 e. The topological polar surface area (TPSA) is 0 Å². The Morgan fingerprint density at radius 2 is 1.00 bits per heavy atom. The van der Waals surface area contributed by atoms with Crippen molar-refractivity contribution in [3.63, 3.8) is 0 Å². The summed E-state index contributed by atoms with van der Waals surface area (Å²) in [6.45, 7) is 0. The molecule has 0 radical (unpaired) electrons. The number of halogens is 1. The van der Waals surface area contributed by atoms with Crippen molar-refractivity contribution in [3.8, 4) is 44.5 Å². The molecule has 0 nitrogen and oxygen atoms in total.